The molecule has 6 rings (SSSR count). The average Bonchev–Trinajstić information content (AvgIpc) is 3.51. The summed E-state index contributed by atoms with van der Waals surface area (Å²) in [4.78, 5) is 41.7. The fourth-order valence-electron chi connectivity index (χ4n) is 5.24. The number of aryl methyl sites for hydroxylation is 1. The zero-order valence-electron chi connectivity index (χ0n) is 24.1. The third kappa shape index (κ3) is 5.95. The number of ether oxygens (including phenoxy) is 2. The van der Waals surface area contributed by atoms with E-state index in [4.69, 9.17) is 9.47 Å². The largest absolute Gasteiger partial charge is 0.614 e. The van der Waals surface area contributed by atoms with Crippen LogP contribution in [0, 0.1) is 0 Å². The van der Waals surface area contributed by atoms with Gasteiger partial charge in [0.2, 0.25) is 5.37 Å². The summed E-state index contributed by atoms with van der Waals surface area (Å²) in [5.74, 6) is -1.47. The molecular weight excluding hydrogens is 596 g/mol. The Hall–Kier alpha value is -5.27. The molecule has 1 saturated heterocycles. The number of amides is 2. The lowest BCUT2D eigenvalue weighted by Crippen LogP contribution is -2.75. The number of nitrogens with zero attached hydrogens (tertiary/aromatic N) is 5. The van der Waals surface area contributed by atoms with Crippen LogP contribution in [0.25, 0.3) is 5.57 Å². The van der Waals surface area contributed by atoms with Gasteiger partial charge in [-0.15, -0.1) is 5.10 Å². The number of para-hydroxylation sites is 1. The molecule has 12 nitrogen and oxygen atoms in total. The first-order valence-corrected chi connectivity index (χ1v) is 15.3. The van der Waals surface area contributed by atoms with Gasteiger partial charge in [0.05, 0.1) is 0 Å². The van der Waals surface area contributed by atoms with Crippen molar-refractivity contribution in [2.75, 3.05) is 12.4 Å². The van der Waals surface area contributed by atoms with E-state index in [0.717, 1.165) is 4.90 Å². The van der Waals surface area contributed by atoms with Crippen molar-refractivity contribution >= 4 is 34.5 Å². The van der Waals surface area contributed by atoms with Crippen molar-refractivity contribution < 1.29 is 28.4 Å². The second kappa shape index (κ2) is 12.8. The van der Waals surface area contributed by atoms with Crippen LogP contribution in [-0.2, 0) is 37.3 Å². The maximum absolute atomic E-state index is 14.2. The summed E-state index contributed by atoms with van der Waals surface area (Å²) < 4.78 is 26.6. The molecular formula is C32H28N6O6S. The van der Waals surface area contributed by atoms with Crippen LogP contribution in [0.1, 0.15) is 23.1 Å². The number of benzene rings is 3. The molecule has 0 saturated carbocycles. The van der Waals surface area contributed by atoms with Gasteiger partial charge >= 0.3 is 5.97 Å². The predicted molar refractivity (Wildman–Crippen MR) is 163 cm³/mol. The van der Waals surface area contributed by atoms with Gasteiger partial charge in [0, 0.05) is 18.2 Å². The first-order chi connectivity index (χ1) is 21.8. The lowest BCUT2D eigenvalue weighted by atomic mass is 9.98. The Morgan fingerprint density at radius 2 is 1.62 bits per heavy atom. The molecule has 228 valence electrons. The van der Waals surface area contributed by atoms with Gasteiger partial charge in [0.25, 0.3) is 11.8 Å². The number of aromatic nitrogens is 4. The predicted octanol–water partition coefficient (Wildman–Crippen LogP) is 2.30. The fraction of sp³-hybridized carbons (Fsp3) is 0.188. The topological polar surface area (TPSA) is 152 Å². The number of carbonyl (C=O) groups is 3. The van der Waals surface area contributed by atoms with Crippen LogP contribution in [0.4, 0.5) is 0 Å². The molecule has 1 fully saturated rings. The Balaban J connectivity index is 1.31. The number of nitrogens with one attached hydrogen (secondary N) is 1. The number of carbonyl (C=O) groups excluding carboxylic acids is 3. The van der Waals surface area contributed by atoms with E-state index in [-0.39, 0.29) is 35.0 Å². The maximum atomic E-state index is 14.2. The second-order valence-corrected chi connectivity index (χ2v) is 11.8. The van der Waals surface area contributed by atoms with E-state index in [1.165, 1.54) is 4.68 Å². The molecule has 1 N–H and O–H groups in total. The number of esters is 1. The van der Waals surface area contributed by atoms with Crippen molar-refractivity contribution in [2.45, 2.75) is 17.5 Å². The van der Waals surface area contributed by atoms with Gasteiger partial charge in [0.15, 0.2) is 24.6 Å². The first kappa shape index (κ1) is 29.8. The minimum Gasteiger partial charge on any atom is -0.614 e. The summed E-state index contributed by atoms with van der Waals surface area (Å²) in [6, 6.07) is 26.0. The molecule has 2 aliphatic heterocycles. The van der Waals surface area contributed by atoms with Crippen molar-refractivity contribution in [1.82, 2.24) is 30.4 Å². The van der Waals surface area contributed by atoms with Gasteiger partial charge in [-0.3, -0.25) is 14.5 Å². The Bertz CT molecular complexity index is 1720. The number of hydrogen-bond acceptors (Lipinski definition) is 9. The zero-order chi connectivity index (χ0) is 31.5. The summed E-state index contributed by atoms with van der Waals surface area (Å²) >= 11 is -1.73. The quantitative estimate of drug-likeness (QED) is 0.159. The van der Waals surface area contributed by atoms with Crippen molar-refractivity contribution in [2.24, 2.45) is 7.05 Å². The van der Waals surface area contributed by atoms with Crippen molar-refractivity contribution in [3.8, 4) is 5.75 Å². The molecule has 2 aliphatic rings. The number of rotatable bonds is 10. The number of β-lactam (4-membered cyclic amide) rings is 1. The first-order valence-electron chi connectivity index (χ1n) is 14.0. The van der Waals surface area contributed by atoms with Crippen LogP contribution in [-0.4, -0.2) is 71.2 Å². The van der Waals surface area contributed by atoms with E-state index in [9.17, 15) is 18.9 Å². The molecule has 13 heteroatoms. The number of hydrogen-bond donors (Lipinski definition) is 1. The molecule has 3 atom stereocenters. The third-order valence-corrected chi connectivity index (χ3v) is 9.03. The standard InChI is InChI=1S/C32H28N6O6S/c1-20(29-34-35-36-37(29)2)24-19-45(42)31-26(33-25(39)18-43-23-16-10-5-11-17-23)30(40)38(31)27(24)32(41)44-28(21-12-6-3-7-13-21)22-14-8-4-9-15-22/h3-17,26,28,31H,1,18-19H2,2H3,(H,33,39)/t26?,31-,45?/m1/s1. The molecule has 4 aromatic rings. The van der Waals surface area contributed by atoms with Gasteiger partial charge in [-0.05, 0) is 44.9 Å². The molecule has 2 unspecified atom stereocenters. The van der Waals surface area contributed by atoms with Gasteiger partial charge in [-0.2, -0.15) is 0 Å². The van der Waals surface area contributed by atoms with Crippen LogP contribution in [0.2, 0.25) is 0 Å². The van der Waals surface area contributed by atoms with Crippen LogP contribution >= 0.6 is 0 Å². The normalized spacial score (nSPS) is 19.0. The van der Waals surface area contributed by atoms with Crippen molar-refractivity contribution in [3.05, 3.63) is 126 Å². The van der Waals surface area contributed by atoms with E-state index in [0.29, 0.717) is 16.9 Å². The van der Waals surface area contributed by atoms with Crippen LogP contribution in [0.3, 0.4) is 0 Å². The minimum atomic E-state index is -1.73. The Morgan fingerprint density at radius 1 is 1.02 bits per heavy atom. The second-order valence-electron chi connectivity index (χ2n) is 10.3. The molecule has 1 aromatic heterocycles. The van der Waals surface area contributed by atoms with Crippen molar-refractivity contribution in [1.29, 1.82) is 0 Å². The SMILES string of the molecule is C=C(C1=C(C(=O)OC(c2ccccc2)c2ccccc2)N2C(=O)C(NC(=O)COc3ccccc3)[C@H]2[S+]([O-])C1)c1nnnn1C. The van der Waals surface area contributed by atoms with E-state index in [2.05, 4.69) is 27.4 Å². The van der Waals surface area contributed by atoms with E-state index in [1.807, 2.05) is 66.7 Å². The molecule has 3 aromatic carbocycles. The molecule has 45 heavy (non-hydrogen) atoms. The Morgan fingerprint density at radius 3 is 2.20 bits per heavy atom. The summed E-state index contributed by atoms with van der Waals surface area (Å²) in [7, 11) is 1.60. The molecule has 0 bridgehead atoms. The van der Waals surface area contributed by atoms with Gasteiger partial charge in [0.1, 0.15) is 17.2 Å². The molecule has 0 radical (unpaired) electrons. The molecule has 3 heterocycles. The third-order valence-electron chi connectivity index (χ3n) is 7.43. The van der Waals surface area contributed by atoms with Gasteiger partial charge in [-0.25, -0.2) is 9.48 Å². The lowest BCUT2D eigenvalue weighted by molar-refractivity contribution is -0.155. The van der Waals surface area contributed by atoms with Gasteiger partial charge in [-0.1, -0.05) is 85.4 Å². The lowest BCUT2D eigenvalue weighted by Gasteiger charge is -2.49. The Kier molecular flexibility index (Phi) is 8.45. The van der Waals surface area contributed by atoms with Crippen LogP contribution < -0.4 is 10.1 Å². The van der Waals surface area contributed by atoms with E-state index >= 15 is 0 Å². The van der Waals surface area contributed by atoms with Crippen molar-refractivity contribution in [3.63, 3.8) is 0 Å². The van der Waals surface area contributed by atoms with E-state index < -0.39 is 46.5 Å². The van der Waals surface area contributed by atoms with Crippen LogP contribution in [0.5, 0.6) is 5.75 Å². The number of allylic oxidation sites excluding steroid dienone is 1. The molecule has 0 spiro atoms. The minimum absolute atomic E-state index is 0.125. The summed E-state index contributed by atoms with van der Waals surface area (Å²) in [5.41, 5.74) is 1.72. The number of tetrazole rings is 1. The fourth-order valence-corrected chi connectivity index (χ4v) is 6.94. The highest BCUT2D eigenvalue weighted by molar-refractivity contribution is 7.92. The maximum Gasteiger partial charge on any atom is 0.356 e. The number of fused-ring (bicyclic) bond motifs is 1. The van der Waals surface area contributed by atoms with Crippen LogP contribution in [0.15, 0.2) is 109 Å². The smallest absolute Gasteiger partial charge is 0.356 e. The highest BCUT2D eigenvalue weighted by Crippen LogP contribution is 2.41. The summed E-state index contributed by atoms with van der Waals surface area (Å²) in [5, 5.41) is 13.1. The highest BCUT2D eigenvalue weighted by atomic mass is 32.2. The van der Waals surface area contributed by atoms with E-state index in [1.54, 1.807) is 31.3 Å². The zero-order valence-corrected chi connectivity index (χ0v) is 24.9. The molecule has 2 amide bonds. The summed E-state index contributed by atoms with van der Waals surface area (Å²) in [6.45, 7) is 3.73. The monoisotopic (exact) mass is 624 g/mol. The summed E-state index contributed by atoms with van der Waals surface area (Å²) in [6.07, 6.45) is -0.814. The van der Waals surface area contributed by atoms with Gasteiger partial charge < -0.3 is 19.3 Å². The molecule has 0 aliphatic carbocycles. The highest BCUT2D eigenvalue weighted by Gasteiger charge is 2.61. The average molecular weight is 625 g/mol. The Labute approximate surface area is 261 Å².